The summed E-state index contributed by atoms with van der Waals surface area (Å²) in [6.45, 7) is 1.63. The Morgan fingerprint density at radius 3 is 2.31 bits per heavy atom. The molecule has 1 aromatic heterocycles. The minimum absolute atomic E-state index is 0.0202. The maximum atomic E-state index is 12.0. The Balaban J connectivity index is 1.52. The Morgan fingerprint density at radius 2 is 1.66 bits per heavy atom. The van der Waals surface area contributed by atoms with Gasteiger partial charge in [0.15, 0.2) is 12.4 Å². The molecule has 0 spiro atoms. The Bertz CT molecular complexity index is 986. The summed E-state index contributed by atoms with van der Waals surface area (Å²) >= 11 is 0. The van der Waals surface area contributed by atoms with Gasteiger partial charge in [-0.3, -0.25) is 9.59 Å². The Kier molecular flexibility index (Phi) is 6.52. The fourth-order valence-corrected chi connectivity index (χ4v) is 2.59. The van der Waals surface area contributed by atoms with Crippen LogP contribution in [0.3, 0.4) is 0 Å². The first-order valence-electron chi connectivity index (χ1n) is 9.01. The molecule has 148 valence electrons. The fraction of sp³-hybridized carbons (Fsp3) is 0.182. The zero-order valence-corrected chi connectivity index (χ0v) is 16.2. The smallest absolute Gasteiger partial charge is 0.258 e. The van der Waals surface area contributed by atoms with Crippen LogP contribution in [0.25, 0.3) is 11.3 Å². The first-order valence-corrected chi connectivity index (χ1v) is 9.01. The third-order valence-electron chi connectivity index (χ3n) is 4.21. The average Bonchev–Trinajstić information content (AvgIpc) is 2.77. The molecule has 0 aliphatic rings. The van der Waals surface area contributed by atoms with E-state index in [1.807, 2.05) is 30.3 Å². The number of Topliss-reactive ketones (excluding diaryl/α,β-unsaturated/α-hetero) is 1. The number of carbonyl (C=O) groups is 2. The van der Waals surface area contributed by atoms with Gasteiger partial charge in [-0.15, -0.1) is 0 Å². The molecule has 29 heavy (non-hydrogen) atoms. The first kappa shape index (κ1) is 20.0. The van der Waals surface area contributed by atoms with E-state index in [1.54, 1.807) is 31.4 Å². The number of methoxy groups -OCH3 is 1. The number of amides is 1. The number of ketones is 1. The van der Waals surface area contributed by atoms with Crippen LogP contribution in [-0.2, 0) is 11.3 Å². The van der Waals surface area contributed by atoms with Gasteiger partial charge >= 0.3 is 0 Å². The van der Waals surface area contributed by atoms with Gasteiger partial charge < -0.3 is 14.8 Å². The molecule has 0 radical (unpaired) electrons. The van der Waals surface area contributed by atoms with E-state index in [2.05, 4.69) is 15.3 Å². The van der Waals surface area contributed by atoms with Gasteiger partial charge in [0.25, 0.3) is 5.91 Å². The molecule has 2 aromatic carbocycles. The molecule has 0 aliphatic carbocycles. The van der Waals surface area contributed by atoms with E-state index in [4.69, 9.17) is 9.47 Å². The molecule has 0 aliphatic heterocycles. The lowest BCUT2D eigenvalue weighted by atomic mass is 10.1. The molecular formula is C22H21N3O4. The Labute approximate surface area is 168 Å². The second kappa shape index (κ2) is 9.45. The van der Waals surface area contributed by atoms with E-state index in [0.29, 0.717) is 17.0 Å². The minimum atomic E-state index is -0.273. The average molecular weight is 391 g/mol. The van der Waals surface area contributed by atoms with Gasteiger partial charge in [0.1, 0.15) is 17.8 Å². The second-order valence-corrected chi connectivity index (χ2v) is 6.27. The molecule has 3 rings (SSSR count). The first-order chi connectivity index (χ1) is 14.0. The van der Waals surface area contributed by atoms with Gasteiger partial charge in [-0.1, -0.05) is 0 Å². The van der Waals surface area contributed by atoms with Crippen LogP contribution in [0.1, 0.15) is 23.0 Å². The van der Waals surface area contributed by atoms with Crippen LogP contribution in [-0.4, -0.2) is 35.4 Å². The minimum Gasteiger partial charge on any atom is -0.497 e. The van der Waals surface area contributed by atoms with Gasteiger partial charge in [-0.25, -0.2) is 9.97 Å². The highest BCUT2D eigenvalue weighted by molar-refractivity contribution is 5.94. The summed E-state index contributed by atoms with van der Waals surface area (Å²) in [6, 6.07) is 16.0. The Morgan fingerprint density at radius 1 is 0.966 bits per heavy atom. The zero-order valence-electron chi connectivity index (χ0n) is 16.2. The summed E-state index contributed by atoms with van der Waals surface area (Å²) < 4.78 is 10.6. The van der Waals surface area contributed by atoms with Crippen molar-refractivity contribution in [1.29, 1.82) is 0 Å². The summed E-state index contributed by atoms with van der Waals surface area (Å²) in [7, 11) is 1.62. The number of carbonyl (C=O) groups excluding carboxylic acids is 2. The van der Waals surface area contributed by atoms with E-state index in [1.165, 1.54) is 13.3 Å². The number of benzene rings is 2. The predicted octanol–water partition coefficient (Wildman–Crippen LogP) is 3.05. The van der Waals surface area contributed by atoms with Crippen LogP contribution in [0.4, 0.5) is 0 Å². The molecule has 1 amide bonds. The number of hydrogen-bond acceptors (Lipinski definition) is 6. The molecule has 1 N–H and O–H groups in total. The number of rotatable bonds is 8. The summed E-state index contributed by atoms with van der Waals surface area (Å²) in [5.74, 6) is 0.999. The van der Waals surface area contributed by atoms with E-state index in [0.717, 1.165) is 17.0 Å². The van der Waals surface area contributed by atoms with E-state index < -0.39 is 0 Å². The van der Waals surface area contributed by atoms with Crippen molar-refractivity contribution in [2.75, 3.05) is 13.7 Å². The van der Waals surface area contributed by atoms with Crippen molar-refractivity contribution in [3.05, 3.63) is 72.2 Å². The number of ether oxygens (including phenoxy) is 2. The molecule has 0 bridgehead atoms. The van der Waals surface area contributed by atoms with Crippen LogP contribution in [0.2, 0.25) is 0 Å². The molecule has 0 atom stereocenters. The van der Waals surface area contributed by atoms with Crippen LogP contribution >= 0.6 is 0 Å². The number of hydrogen-bond donors (Lipinski definition) is 1. The van der Waals surface area contributed by atoms with Crippen LogP contribution < -0.4 is 14.8 Å². The summed E-state index contributed by atoms with van der Waals surface area (Å²) in [5.41, 5.74) is 2.97. The summed E-state index contributed by atoms with van der Waals surface area (Å²) in [4.78, 5) is 31.8. The molecule has 0 saturated carbocycles. The molecule has 0 saturated heterocycles. The van der Waals surface area contributed by atoms with Crippen LogP contribution in [0.15, 0.2) is 60.9 Å². The lowest BCUT2D eigenvalue weighted by Crippen LogP contribution is -2.28. The zero-order chi connectivity index (χ0) is 20.6. The van der Waals surface area contributed by atoms with Gasteiger partial charge in [0, 0.05) is 11.1 Å². The van der Waals surface area contributed by atoms with Gasteiger partial charge in [-0.05, 0) is 61.5 Å². The van der Waals surface area contributed by atoms with Crippen molar-refractivity contribution in [3.63, 3.8) is 0 Å². The maximum absolute atomic E-state index is 12.0. The van der Waals surface area contributed by atoms with E-state index >= 15 is 0 Å². The van der Waals surface area contributed by atoms with Crippen LogP contribution in [0, 0.1) is 0 Å². The largest absolute Gasteiger partial charge is 0.497 e. The maximum Gasteiger partial charge on any atom is 0.258 e. The number of nitrogens with zero attached hydrogens (tertiary/aromatic N) is 2. The topological polar surface area (TPSA) is 90.4 Å². The van der Waals surface area contributed by atoms with Crippen LogP contribution in [0.5, 0.6) is 11.5 Å². The molecular weight excluding hydrogens is 370 g/mol. The van der Waals surface area contributed by atoms with Gasteiger partial charge in [-0.2, -0.15) is 0 Å². The van der Waals surface area contributed by atoms with Crippen molar-refractivity contribution < 1.29 is 19.1 Å². The quantitative estimate of drug-likeness (QED) is 0.594. The molecule has 3 aromatic rings. The third kappa shape index (κ3) is 5.62. The monoisotopic (exact) mass is 391 g/mol. The second-order valence-electron chi connectivity index (χ2n) is 6.27. The van der Waals surface area contributed by atoms with Crippen molar-refractivity contribution in [2.24, 2.45) is 0 Å². The predicted molar refractivity (Wildman–Crippen MR) is 108 cm³/mol. The van der Waals surface area contributed by atoms with E-state index in [-0.39, 0.29) is 24.8 Å². The molecule has 0 fully saturated rings. The lowest BCUT2D eigenvalue weighted by Gasteiger charge is -2.08. The SMILES string of the molecule is COc1ccc(-c2cc(CNC(=O)COc3ccc(C(C)=O)cc3)ncn2)cc1. The molecule has 0 unspecified atom stereocenters. The van der Waals surface area contributed by atoms with Crippen molar-refractivity contribution >= 4 is 11.7 Å². The lowest BCUT2D eigenvalue weighted by molar-refractivity contribution is -0.123. The highest BCUT2D eigenvalue weighted by Gasteiger charge is 2.07. The molecule has 1 heterocycles. The standard InChI is InChI=1S/C22H21N3O4/c1-15(26)16-3-9-20(10-4-16)29-13-22(27)23-12-18-11-21(25-14-24-18)17-5-7-19(28-2)8-6-17/h3-11,14H,12-13H2,1-2H3,(H,23,27). The summed E-state index contributed by atoms with van der Waals surface area (Å²) in [6.07, 6.45) is 1.47. The van der Waals surface area contributed by atoms with E-state index in [9.17, 15) is 9.59 Å². The van der Waals surface area contributed by atoms with Crippen molar-refractivity contribution in [1.82, 2.24) is 15.3 Å². The molecule has 7 nitrogen and oxygen atoms in total. The normalized spacial score (nSPS) is 10.3. The van der Waals surface area contributed by atoms with Gasteiger partial charge in [0.2, 0.25) is 0 Å². The highest BCUT2D eigenvalue weighted by atomic mass is 16.5. The Hall–Kier alpha value is -3.74. The van der Waals surface area contributed by atoms with Crippen molar-refractivity contribution in [2.45, 2.75) is 13.5 Å². The van der Waals surface area contributed by atoms with Crippen molar-refractivity contribution in [3.8, 4) is 22.8 Å². The number of aromatic nitrogens is 2. The number of nitrogens with one attached hydrogen (secondary N) is 1. The fourth-order valence-electron chi connectivity index (χ4n) is 2.59. The summed E-state index contributed by atoms with van der Waals surface area (Å²) in [5, 5.41) is 2.77. The third-order valence-corrected chi connectivity index (χ3v) is 4.21. The molecule has 7 heteroatoms. The highest BCUT2D eigenvalue weighted by Crippen LogP contribution is 2.20. The van der Waals surface area contributed by atoms with Gasteiger partial charge in [0.05, 0.1) is 25.0 Å².